The standard InChI is InChI=1S/C14H16BrN3/c1-9-4-5-12(13(15)6-9)14-17-8-11(7-16-3)10(2)18-14/h4-6,8,16H,7H2,1-3H3. The molecule has 0 saturated carbocycles. The van der Waals surface area contributed by atoms with Crippen LogP contribution in [0.2, 0.25) is 0 Å². The highest BCUT2D eigenvalue weighted by Crippen LogP contribution is 2.26. The molecule has 1 aromatic heterocycles. The second kappa shape index (κ2) is 5.59. The van der Waals surface area contributed by atoms with Crippen LogP contribution in [0.15, 0.2) is 28.9 Å². The Morgan fingerprint density at radius 1 is 1.28 bits per heavy atom. The van der Waals surface area contributed by atoms with Crippen LogP contribution in [0, 0.1) is 13.8 Å². The maximum Gasteiger partial charge on any atom is 0.160 e. The molecule has 0 spiro atoms. The lowest BCUT2D eigenvalue weighted by atomic mass is 10.1. The summed E-state index contributed by atoms with van der Waals surface area (Å²) in [6.45, 7) is 4.87. The largest absolute Gasteiger partial charge is 0.316 e. The van der Waals surface area contributed by atoms with Gasteiger partial charge in [0.1, 0.15) is 0 Å². The van der Waals surface area contributed by atoms with E-state index in [2.05, 4.69) is 50.3 Å². The van der Waals surface area contributed by atoms with E-state index in [9.17, 15) is 0 Å². The van der Waals surface area contributed by atoms with E-state index in [0.717, 1.165) is 33.7 Å². The van der Waals surface area contributed by atoms with Crippen LogP contribution in [-0.2, 0) is 6.54 Å². The number of rotatable bonds is 3. The first-order valence-electron chi connectivity index (χ1n) is 5.85. The summed E-state index contributed by atoms with van der Waals surface area (Å²) >= 11 is 3.57. The van der Waals surface area contributed by atoms with Crippen molar-refractivity contribution in [2.45, 2.75) is 20.4 Å². The topological polar surface area (TPSA) is 37.8 Å². The van der Waals surface area contributed by atoms with Gasteiger partial charge >= 0.3 is 0 Å². The summed E-state index contributed by atoms with van der Waals surface area (Å²) in [6.07, 6.45) is 1.89. The Kier molecular flexibility index (Phi) is 4.09. The van der Waals surface area contributed by atoms with Gasteiger partial charge in [0.2, 0.25) is 0 Å². The summed E-state index contributed by atoms with van der Waals surface area (Å²) in [6, 6.07) is 6.20. The first-order chi connectivity index (χ1) is 8.61. The van der Waals surface area contributed by atoms with Gasteiger partial charge < -0.3 is 5.32 Å². The highest BCUT2D eigenvalue weighted by atomic mass is 79.9. The van der Waals surface area contributed by atoms with E-state index >= 15 is 0 Å². The van der Waals surface area contributed by atoms with Crippen molar-refractivity contribution < 1.29 is 0 Å². The molecule has 94 valence electrons. The van der Waals surface area contributed by atoms with Crippen LogP contribution in [0.4, 0.5) is 0 Å². The number of hydrogen-bond donors (Lipinski definition) is 1. The third-order valence-corrected chi connectivity index (χ3v) is 3.47. The van der Waals surface area contributed by atoms with Crippen molar-refractivity contribution in [2.75, 3.05) is 7.05 Å². The molecule has 1 N–H and O–H groups in total. The van der Waals surface area contributed by atoms with Crippen LogP contribution in [0.5, 0.6) is 0 Å². The van der Waals surface area contributed by atoms with E-state index in [1.54, 1.807) is 0 Å². The van der Waals surface area contributed by atoms with Crippen molar-refractivity contribution in [3.63, 3.8) is 0 Å². The van der Waals surface area contributed by atoms with Gasteiger partial charge in [-0.3, -0.25) is 0 Å². The van der Waals surface area contributed by atoms with Crippen molar-refractivity contribution in [1.82, 2.24) is 15.3 Å². The lowest BCUT2D eigenvalue weighted by Gasteiger charge is -2.08. The molecule has 0 amide bonds. The van der Waals surface area contributed by atoms with Gasteiger partial charge in [0.15, 0.2) is 5.82 Å². The molecule has 0 saturated heterocycles. The molecular formula is C14H16BrN3. The van der Waals surface area contributed by atoms with E-state index < -0.39 is 0 Å². The Morgan fingerprint density at radius 2 is 2.06 bits per heavy atom. The summed E-state index contributed by atoms with van der Waals surface area (Å²) in [5.41, 5.74) is 4.39. The van der Waals surface area contributed by atoms with Crippen molar-refractivity contribution in [3.8, 4) is 11.4 Å². The van der Waals surface area contributed by atoms with Gasteiger partial charge in [-0.05, 0) is 38.6 Å². The van der Waals surface area contributed by atoms with Crippen LogP contribution >= 0.6 is 15.9 Å². The molecule has 0 atom stereocenters. The Bertz CT molecular complexity index is 567. The minimum absolute atomic E-state index is 0.763. The normalized spacial score (nSPS) is 10.7. The van der Waals surface area contributed by atoms with Gasteiger partial charge in [-0.25, -0.2) is 9.97 Å². The number of hydrogen-bond acceptors (Lipinski definition) is 3. The van der Waals surface area contributed by atoms with Gasteiger partial charge in [0.25, 0.3) is 0 Å². The van der Waals surface area contributed by atoms with E-state index in [-0.39, 0.29) is 0 Å². The second-order valence-electron chi connectivity index (χ2n) is 4.32. The zero-order valence-corrected chi connectivity index (χ0v) is 12.4. The second-order valence-corrected chi connectivity index (χ2v) is 5.17. The Hall–Kier alpha value is -1.26. The Labute approximate surface area is 116 Å². The summed E-state index contributed by atoms with van der Waals surface area (Å²) in [7, 11) is 1.92. The molecule has 1 aromatic carbocycles. The molecule has 0 radical (unpaired) electrons. The van der Waals surface area contributed by atoms with E-state index in [1.807, 2.05) is 26.2 Å². The van der Waals surface area contributed by atoms with Crippen molar-refractivity contribution in [1.29, 1.82) is 0 Å². The van der Waals surface area contributed by atoms with Gasteiger partial charge in [0, 0.05) is 34.0 Å². The summed E-state index contributed by atoms with van der Waals surface area (Å²) in [4.78, 5) is 9.01. The lowest BCUT2D eigenvalue weighted by Crippen LogP contribution is -2.08. The SMILES string of the molecule is CNCc1cnc(-c2ccc(C)cc2Br)nc1C. The molecule has 0 unspecified atom stereocenters. The third-order valence-electron chi connectivity index (χ3n) is 2.81. The monoisotopic (exact) mass is 305 g/mol. The highest BCUT2D eigenvalue weighted by molar-refractivity contribution is 9.10. The summed E-state index contributed by atoms with van der Waals surface area (Å²) in [5.74, 6) is 0.763. The number of nitrogens with zero attached hydrogens (tertiary/aromatic N) is 2. The zero-order valence-electron chi connectivity index (χ0n) is 10.8. The maximum atomic E-state index is 4.57. The number of nitrogens with one attached hydrogen (secondary N) is 1. The molecule has 2 aromatic rings. The molecule has 0 aliphatic rings. The Balaban J connectivity index is 2.42. The maximum absolute atomic E-state index is 4.57. The van der Waals surface area contributed by atoms with Crippen LogP contribution in [0.3, 0.4) is 0 Å². The molecular weight excluding hydrogens is 290 g/mol. The average molecular weight is 306 g/mol. The van der Waals surface area contributed by atoms with Crippen LogP contribution < -0.4 is 5.32 Å². The molecule has 4 heteroatoms. The first kappa shape index (κ1) is 13.2. The smallest absolute Gasteiger partial charge is 0.160 e. The number of aromatic nitrogens is 2. The minimum Gasteiger partial charge on any atom is -0.316 e. The van der Waals surface area contributed by atoms with Gasteiger partial charge in [-0.1, -0.05) is 22.0 Å². The van der Waals surface area contributed by atoms with Crippen molar-refractivity contribution in [2.24, 2.45) is 0 Å². The average Bonchev–Trinajstić information content (AvgIpc) is 2.32. The summed E-state index contributed by atoms with van der Waals surface area (Å²) in [5, 5.41) is 3.11. The lowest BCUT2D eigenvalue weighted by molar-refractivity contribution is 0.797. The van der Waals surface area contributed by atoms with Gasteiger partial charge in [0.05, 0.1) is 0 Å². The number of aryl methyl sites for hydroxylation is 2. The molecule has 0 bridgehead atoms. The molecule has 3 nitrogen and oxygen atoms in total. The first-order valence-corrected chi connectivity index (χ1v) is 6.64. The van der Waals surface area contributed by atoms with Crippen molar-refractivity contribution >= 4 is 15.9 Å². The fraction of sp³-hybridized carbons (Fsp3) is 0.286. The predicted molar refractivity (Wildman–Crippen MR) is 77.4 cm³/mol. The highest BCUT2D eigenvalue weighted by Gasteiger charge is 2.08. The molecule has 0 aliphatic carbocycles. The van der Waals surface area contributed by atoms with Crippen LogP contribution in [0.25, 0.3) is 11.4 Å². The van der Waals surface area contributed by atoms with Gasteiger partial charge in [-0.15, -0.1) is 0 Å². The van der Waals surface area contributed by atoms with E-state index in [0.29, 0.717) is 0 Å². The predicted octanol–water partition coefficient (Wildman–Crippen LogP) is 3.24. The van der Waals surface area contributed by atoms with E-state index in [4.69, 9.17) is 0 Å². The molecule has 18 heavy (non-hydrogen) atoms. The molecule has 0 fully saturated rings. The molecule has 2 rings (SSSR count). The van der Waals surface area contributed by atoms with Crippen molar-refractivity contribution in [3.05, 3.63) is 45.7 Å². The zero-order chi connectivity index (χ0) is 13.1. The van der Waals surface area contributed by atoms with Gasteiger partial charge in [-0.2, -0.15) is 0 Å². The fourth-order valence-corrected chi connectivity index (χ4v) is 2.46. The Morgan fingerprint density at radius 3 is 2.67 bits per heavy atom. The van der Waals surface area contributed by atoms with Crippen LogP contribution in [-0.4, -0.2) is 17.0 Å². The number of benzene rings is 1. The minimum atomic E-state index is 0.763. The molecule has 1 heterocycles. The van der Waals surface area contributed by atoms with E-state index in [1.165, 1.54) is 5.56 Å². The fourth-order valence-electron chi connectivity index (χ4n) is 1.79. The quantitative estimate of drug-likeness (QED) is 0.946. The van der Waals surface area contributed by atoms with Crippen LogP contribution in [0.1, 0.15) is 16.8 Å². The number of halogens is 1. The third kappa shape index (κ3) is 2.76. The summed E-state index contributed by atoms with van der Waals surface area (Å²) < 4.78 is 1.03. The molecule has 0 aliphatic heterocycles.